The fourth-order valence-electron chi connectivity index (χ4n) is 2.48. The van der Waals surface area contributed by atoms with E-state index < -0.39 is 0 Å². The zero-order valence-electron chi connectivity index (χ0n) is 10.5. The zero-order chi connectivity index (χ0) is 12.3. The third-order valence-electron chi connectivity index (χ3n) is 3.48. The van der Waals surface area contributed by atoms with Crippen LogP contribution in [0.15, 0.2) is 18.2 Å². The van der Waals surface area contributed by atoms with E-state index >= 15 is 0 Å². The summed E-state index contributed by atoms with van der Waals surface area (Å²) in [4.78, 5) is 2.31. The van der Waals surface area contributed by atoms with Gasteiger partial charge in [0.05, 0.1) is 0 Å². The Kier molecular flexibility index (Phi) is 4.13. The minimum Gasteiger partial charge on any atom is -0.326 e. The van der Waals surface area contributed by atoms with Gasteiger partial charge in [0.2, 0.25) is 0 Å². The summed E-state index contributed by atoms with van der Waals surface area (Å²) in [5.41, 5.74) is 7.13. The van der Waals surface area contributed by atoms with Gasteiger partial charge in [0.15, 0.2) is 0 Å². The molecule has 1 fully saturated rings. The summed E-state index contributed by atoms with van der Waals surface area (Å²) in [7, 11) is 0. The Labute approximate surface area is 103 Å². The summed E-state index contributed by atoms with van der Waals surface area (Å²) in [6, 6.07) is 5.34. The number of benzene rings is 1. The standard InChI is InChI=1S/C14H21FN2/c1-2-3-12-8-17(9-12)10-13-5-4-11(7-16)6-14(13)15/h4-6,12H,2-3,7-10,16H2,1H3. The number of hydrogen-bond donors (Lipinski definition) is 1. The third-order valence-corrected chi connectivity index (χ3v) is 3.48. The van der Waals surface area contributed by atoms with Crippen LogP contribution >= 0.6 is 0 Å². The highest BCUT2D eigenvalue weighted by Crippen LogP contribution is 2.23. The lowest BCUT2D eigenvalue weighted by atomic mass is 9.94. The molecule has 0 spiro atoms. The second-order valence-corrected chi connectivity index (χ2v) is 4.98. The lowest BCUT2D eigenvalue weighted by Crippen LogP contribution is -2.45. The summed E-state index contributed by atoms with van der Waals surface area (Å²) >= 11 is 0. The van der Waals surface area contributed by atoms with Crippen LogP contribution in [0.5, 0.6) is 0 Å². The van der Waals surface area contributed by atoms with Crippen molar-refractivity contribution >= 4 is 0 Å². The van der Waals surface area contributed by atoms with Crippen LogP contribution in [-0.4, -0.2) is 18.0 Å². The fraction of sp³-hybridized carbons (Fsp3) is 0.571. The molecule has 1 aromatic carbocycles. The van der Waals surface area contributed by atoms with E-state index in [4.69, 9.17) is 5.73 Å². The van der Waals surface area contributed by atoms with Gasteiger partial charge >= 0.3 is 0 Å². The van der Waals surface area contributed by atoms with Crippen LogP contribution in [0.3, 0.4) is 0 Å². The SMILES string of the molecule is CCCC1CN(Cc2ccc(CN)cc2F)C1. The molecular weight excluding hydrogens is 215 g/mol. The molecule has 0 aliphatic carbocycles. The molecule has 3 heteroatoms. The Balaban J connectivity index is 1.88. The third kappa shape index (κ3) is 3.05. The molecule has 1 saturated heterocycles. The highest BCUT2D eigenvalue weighted by atomic mass is 19.1. The quantitative estimate of drug-likeness (QED) is 0.851. The van der Waals surface area contributed by atoms with Crippen LogP contribution in [0.4, 0.5) is 4.39 Å². The van der Waals surface area contributed by atoms with Crippen molar-refractivity contribution in [3.8, 4) is 0 Å². The first kappa shape index (κ1) is 12.5. The topological polar surface area (TPSA) is 29.3 Å². The molecule has 1 heterocycles. The van der Waals surface area contributed by atoms with Crippen molar-refractivity contribution in [3.63, 3.8) is 0 Å². The molecule has 0 radical (unpaired) electrons. The van der Waals surface area contributed by atoms with E-state index in [9.17, 15) is 4.39 Å². The molecule has 2 nitrogen and oxygen atoms in total. The van der Waals surface area contributed by atoms with Gasteiger partial charge in [-0.1, -0.05) is 25.5 Å². The van der Waals surface area contributed by atoms with E-state index in [1.165, 1.54) is 12.8 Å². The first-order chi connectivity index (χ1) is 8.22. The normalized spacial score (nSPS) is 17.1. The Bertz CT molecular complexity index is 372. The Morgan fingerprint density at radius 3 is 2.76 bits per heavy atom. The molecule has 0 bridgehead atoms. The Hall–Kier alpha value is -0.930. The molecule has 2 N–H and O–H groups in total. The minimum absolute atomic E-state index is 0.119. The molecular formula is C14H21FN2. The van der Waals surface area contributed by atoms with E-state index in [0.717, 1.165) is 36.7 Å². The fourth-order valence-corrected chi connectivity index (χ4v) is 2.48. The van der Waals surface area contributed by atoms with Crippen LogP contribution < -0.4 is 5.73 Å². The van der Waals surface area contributed by atoms with Crippen molar-refractivity contribution in [1.82, 2.24) is 4.90 Å². The van der Waals surface area contributed by atoms with Gasteiger partial charge in [-0.2, -0.15) is 0 Å². The summed E-state index contributed by atoms with van der Waals surface area (Å²) in [6.45, 7) is 5.59. The molecule has 0 unspecified atom stereocenters. The maximum atomic E-state index is 13.7. The first-order valence-electron chi connectivity index (χ1n) is 6.42. The van der Waals surface area contributed by atoms with Crippen molar-refractivity contribution in [2.45, 2.75) is 32.9 Å². The Morgan fingerprint density at radius 2 is 2.18 bits per heavy atom. The van der Waals surface area contributed by atoms with E-state index in [0.29, 0.717) is 6.54 Å². The maximum absolute atomic E-state index is 13.7. The van der Waals surface area contributed by atoms with Crippen LogP contribution in [0.25, 0.3) is 0 Å². The van der Waals surface area contributed by atoms with Crippen molar-refractivity contribution < 1.29 is 4.39 Å². The van der Waals surface area contributed by atoms with Gasteiger partial charge in [-0.3, -0.25) is 4.90 Å². The molecule has 1 aliphatic heterocycles. The van der Waals surface area contributed by atoms with Crippen molar-refractivity contribution in [2.75, 3.05) is 13.1 Å². The second-order valence-electron chi connectivity index (χ2n) is 4.98. The van der Waals surface area contributed by atoms with Gasteiger partial charge in [0.1, 0.15) is 5.82 Å². The lowest BCUT2D eigenvalue weighted by molar-refractivity contribution is 0.0847. The highest BCUT2D eigenvalue weighted by Gasteiger charge is 2.26. The van der Waals surface area contributed by atoms with Crippen LogP contribution in [0.2, 0.25) is 0 Å². The lowest BCUT2D eigenvalue weighted by Gasteiger charge is -2.39. The van der Waals surface area contributed by atoms with Gasteiger partial charge in [0, 0.05) is 31.7 Å². The average molecular weight is 236 g/mol. The Morgan fingerprint density at radius 1 is 1.41 bits per heavy atom. The molecule has 1 aliphatic rings. The predicted octanol–water partition coefficient (Wildman–Crippen LogP) is 2.52. The minimum atomic E-state index is -0.119. The van der Waals surface area contributed by atoms with Gasteiger partial charge in [-0.15, -0.1) is 0 Å². The molecule has 2 rings (SSSR count). The summed E-state index contributed by atoms with van der Waals surface area (Å²) in [5, 5.41) is 0. The maximum Gasteiger partial charge on any atom is 0.128 e. The second kappa shape index (κ2) is 5.61. The number of hydrogen-bond acceptors (Lipinski definition) is 2. The van der Waals surface area contributed by atoms with Gasteiger partial charge in [-0.25, -0.2) is 4.39 Å². The first-order valence-corrected chi connectivity index (χ1v) is 6.42. The summed E-state index contributed by atoms with van der Waals surface area (Å²) in [5.74, 6) is 0.707. The molecule has 0 amide bonds. The van der Waals surface area contributed by atoms with E-state index in [2.05, 4.69) is 11.8 Å². The number of nitrogens with zero attached hydrogens (tertiary/aromatic N) is 1. The van der Waals surface area contributed by atoms with Gasteiger partial charge in [0.25, 0.3) is 0 Å². The molecule has 94 valence electrons. The summed E-state index contributed by atoms with van der Waals surface area (Å²) in [6.07, 6.45) is 2.54. The van der Waals surface area contributed by atoms with Crippen LogP contribution in [-0.2, 0) is 13.1 Å². The number of halogens is 1. The highest BCUT2D eigenvalue weighted by molar-refractivity contribution is 5.24. The zero-order valence-corrected chi connectivity index (χ0v) is 10.5. The molecule has 0 saturated carbocycles. The van der Waals surface area contributed by atoms with Gasteiger partial charge in [-0.05, 0) is 24.0 Å². The van der Waals surface area contributed by atoms with Crippen molar-refractivity contribution in [3.05, 3.63) is 35.1 Å². The smallest absolute Gasteiger partial charge is 0.128 e. The van der Waals surface area contributed by atoms with Crippen molar-refractivity contribution in [1.29, 1.82) is 0 Å². The van der Waals surface area contributed by atoms with Crippen molar-refractivity contribution in [2.24, 2.45) is 11.7 Å². The molecule has 17 heavy (non-hydrogen) atoms. The molecule has 1 aromatic rings. The molecule has 0 aromatic heterocycles. The van der Waals surface area contributed by atoms with Crippen LogP contribution in [0.1, 0.15) is 30.9 Å². The number of nitrogens with two attached hydrogens (primary N) is 1. The predicted molar refractivity (Wildman–Crippen MR) is 68.0 cm³/mol. The molecule has 0 atom stereocenters. The van der Waals surface area contributed by atoms with Gasteiger partial charge < -0.3 is 5.73 Å². The van der Waals surface area contributed by atoms with E-state index in [1.54, 1.807) is 6.07 Å². The largest absolute Gasteiger partial charge is 0.326 e. The average Bonchev–Trinajstić information content (AvgIpc) is 2.28. The number of likely N-dealkylation sites (tertiary alicyclic amines) is 1. The van der Waals surface area contributed by atoms with Crippen LogP contribution in [0, 0.1) is 11.7 Å². The summed E-state index contributed by atoms with van der Waals surface area (Å²) < 4.78 is 13.7. The monoisotopic (exact) mass is 236 g/mol. The number of rotatable bonds is 5. The van der Waals surface area contributed by atoms with E-state index in [-0.39, 0.29) is 5.82 Å². The van der Waals surface area contributed by atoms with E-state index in [1.807, 2.05) is 12.1 Å².